The van der Waals surface area contributed by atoms with Gasteiger partial charge in [0.1, 0.15) is 0 Å². The van der Waals surface area contributed by atoms with Gasteiger partial charge >= 0.3 is 0 Å². The number of hydrogen-bond donors (Lipinski definition) is 2. The summed E-state index contributed by atoms with van der Waals surface area (Å²) < 4.78 is 2.56. The topological polar surface area (TPSA) is 40.4 Å². The summed E-state index contributed by atoms with van der Waals surface area (Å²) in [5.41, 5.74) is 7.08. The number of hydrogen-bond acceptors (Lipinski definition) is 3. The highest BCUT2D eigenvalue weighted by atomic mass is 16.3. The summed E-state index contributed by atoms with van der Waals surface area (Å²) in [6, 6.07) is 17.7. The standard InChI is InChI=1S/C25H31N3O/c1-18-10-11-23-22(14-18)21-8-5-9-24-25(21)28(23)13-12-27(24)17-20(29)16-26-15-19-6-3-2-4-7-19/h2-4,6-7,10-11,14,20,24,26,29H,5,8-9,12-13,15-17H2,1H3. The Morgan fingerprint density at radius 3 is 2.86 bits per heavy atom. The van der Waals surface area contributed by atoms with Crippen molar-refractivity contribution >= 4 is 10.9 Å². The minimum absolute atomic E-state index is 0.345. The third-order valence-corrected chi connectivity index (χ3v) is 6.64. The van der Waals surface area contributed by atoms with Gasteiger partial charge in [-0.3, -0.25) is 4.90 Å². The van der Waals surface area contributed by atoms with Crippen LogP contribution in [0.5, 0.6) is 0 Å². The molecule has 4 heteroatoms. The molecule has 0 spiro atoms. The lowest BCUT2D eigenvalue weighted by atomic mass is 9.89. The average molecular weight is 390 g/mol. The van der Waals surface area contributed by atoms with Crippen molar-refractivity contribution in [3.8, 4) is 0 Å². The van der Waals surface area contributed by atoms with Crippen LogP contribution >= 0.6 is 0 Å². The molecule has 5 rings (SSSR count). The summed E-state index contributed by atoms with van der Waals surface area (Å²) in [6.45, 7) is 6.41. The van der Waals surface area contributed by atoms with E-state index in [2.05, 4.69) is 64.2 Å². The number of aryl methyl sites for hydroxylation is 2. The minimum Gasteiger partial charge on any atom is -0.390 e. The second kappa shape index (κ2) is 7.94. The number of rotatable bonds is 6. The van der Waals surface area contributed by atoms with Crippen molar-refractivity contribution in [1.29, 1.82) is 0 Å². The maximum absolute atomic E-state index is 10.7. The van der Waals surface area contributed by atoms with Crippen LogP contribution in [0.3, 0.4) is 0 Å². The van der Waals surface area contributed by atoms with E-state index in [0.717, 1.165) is 26.2 Å². The van der Waals surface area contributed by atoms with Crippen molar-refractivity contribution in [2.24, 2.45) is 0 Å². The zero-order valence-corrected chi connectivity index (χ0v) is 17.3. The zero-order valence-electron chi connectivity index (χ0n) is 17.3. The Kier molecular flexibility index (Phi) is 5.17. The van der Waals surface area contributed by atoms with Gasteiger partial charge in [0.05, 0.1) is 12.1 Å². The molecule has 0 bridgehead atoms. The smallest absolute Gasteiger partial charge is 0.0791 e. The van der Waals surface area contributed by atoms with Crippen molar-refractivity contribution in [3.63, 3.8) is 0 Å². The molecule has 2 aliphatic rings. The van der Waals surface area contributed by atoms with Crippen molar-refractivity contribution in [3.05, 3.63) is 70.9 Å². The predicted octanol–water partition coefficient (Wildman–Crippen LogP) is 3.79. The molecule has 2 aromatic carbocycles. The average Bonchev–Trinajstić information content (AvgIpc) is 3.05. The summed E-state index contributed by atoms with van der Waals surface area (Å²) in [7, 11) is 0. The van der Waals surface area contributed by atoms with Crippen LogP contribution in [0, 0.1) is 6.92 Å². The maximum Gasteiger partial charge on any atom is 0.0791 e. The van der Waals surface area contributed by atoms with E-state index in [9.17, 15) is 5.11 Å². The van der Waals surface area contributed by atoms with Crippen LogP contribution in [0.15, 0.2) is 48.5 Å². The van der Waals surface area contributed by atoms with Gasteiger partial charge in [-0.25, -0.2) is 0 Å². The van der Waals surface area contributed by atoms with Gasteiger partial charge in [0, 0.05) is 49.3 Å². The predicted molar refractivity (Wildman–Crippen MR) is 118 cm³/mol. The zero-order chi connectivity index (χ0) is 19.8. The highest BCUT2D eigenvalue weighted by Crippen LogP contribution is 2.42. The fourth-order valence-electron chi connectivity index (χ4n) is 5.32. The van der Waals surface area contributed by atoms with Gasteiger partial charge in [-0.15, -0.1) is 0 Å². The quantitative estimate of drug-likeness (QED) is 0.674. The van der Waals surface area contributed by atoms with Gasteiger partial charge in [0.25, 0.3) is 0 Å². The summed E-state index contributed by atoms with van der Waals surface area (Å²) in [5, 5.41) is 15.6. The molecule has 3 aromatic rings. The van der Waals surface area contributed by atoms with Gasteiger partial charge in [-0.05, 0) is 49.4 Å². The van der Waals surface area contributed by atoms with E-state index in [4.69, 9.17) is 0 Å². The second-order valence-corrected chi connectivity index (χ2v) is 8.71. The van der Waals surface area contributed by atoms with Gasteiger partial charge in [0.15, 0.2) is 0 Å². The molecule has 0 fully saturated rings. The lowest BCUT2D eigenvalue weighted by molar-refractivity contribution is 0.0639. The molecule has 2 unspecified atom stereocenters. The molecule has 0 saturated carbocycles. The Morgan fingerprint density at radius 1 is 1.14 bits per heavy atom. The Labute approximate surface area is 173 Å². The molecule has 1 aromatic heterocycles. The van der Waals surface area contributed by atoms with E-state index >= 15 is 0 Å². The van der Waals surface area contributed by atoms with Crippen LogP contribution < -0.4 is 5.32 Å². The molecule has 0 saturated heterocycles. The van der Waals surface area contributed by atoms with E-state index in [0.29, 0.717) is 12.6 Å². The summed E-state index contributed by atoms with van der Waals surface area (Å²) >= 11 is 0. The summed E-state index contributed by atoms with van der Waals surface area (Å²) in [5.74, 6) is 0. The van der Waals surface area contributed by atoms with Crippen LogP contribution in [0.2, 0.25) is 0 Å². The van der Waals surface area contributed by atoms with Crippen LogP contribution in [0.25, 0.3) is 10.9 Å². The van der Waals surface area contributed by atoms with Crippen molar-refractivity contribution < 1.29 is 5.11 Å². The molecule has 29 heavy (non-hydrogen) atoms. The second-order valence-electron chi connectivity index (χ2n) is 8.71. The molecule has 4 nitrogen and oxygen atoms in total. The van der Waals surface area contributed by atoms with Crippen molar-refractivity contribution in [2.75, 3.05) is 19.6 Å². The van der Waals surface area contributed by atoms with E-state index in [-0.39, 0.29) is 6.10 Å². The number of aliphatic hydroxyl groups excluding tert-OH is 1. The third-order valence-electron chi connectivity index (χ3n) is 6.64. The highest BCUT2D eigenvalue weighted by Gasteiger charge is 2.35. The highest BCUT2D eigenvalue weighted by molar-refractivity contribution is 5.87. The first-order chi connectivity index (χ1) is 14.2. The SMILES string of the molecule is Cc1ccc2c(c1)c1c3n2CCN(CC(O)CNCc2ccccc2)C3CCC1. The van der Waals surface area contributed by atoms with Gasteiger partial charge in [0.2, 0.25) is 0 Å². The van der Waals surface area contributed by atoms with Crippen molar-refractivity contribution in [2.45, 2.75) is 51.4 Å². The lowest BCUT2D eigenvalue weighted by Crippen LogP contribution is -2.45. The number of aliphatic hydroxyl groups is 1. The Bertz CT molecular complexity index is 994. The van der Waals surface area contributed by atoms with Crippen LogP contribution in [-0.4, -0.2) is 40.3 Å². The number of benzene rings is 2. The summed E-state index contributed by atoms with van der Waals surface area (Å²) in [4.78, 5) is 2.53. The van der Waals surface area contributed by atoms with Gasteiger partial charge in [-0.2, -0.15) is 0 Å². The Hall–Kier alpha value is -2.14. The third kappa shape index (κ3) is 3.61. The fourth-order valence-corrected chi connectivity index (χ4v) is 5.32. The number of nitrogens with zero attached hydrogens (tertiary/aromatic N) is 2. The van der Waals surface area contributed by atoms with E-state index < -0.39 is 0 Å². The first-order valence-corrected chi connectivity index (χ1v) is 11.0. The number of fused-ring (bicyclic) bond motifs is 3. The van der Waals surface area contributed by atoms with Crippen LogP contribution in [-0.2, 0) is 19.5 Å². The molecule has 0 amide bonds. The molecule has 152 valence electrons. The molecular formula is C25H31N3O. The molecule has 1 aliphatic heterocycles. The largest absolute Gasteiger partial charge is 0.390 e. The van der Waals surface area contributed by atoms with Crippen molar-refractivity contribution in [1.82, 2.24) is 14.8 Å². The van der Waals surface area contributed by atoms with Crippen LogP contribution in [0.1, 0.15) is 41.3 Å². The molecule has 2 N–H and O–H groups in total. The Morgan fingerprint density at radius 2 is 2.00 bits per heavy atom. The summed E-state index contributed by atoms with van der Waals surface area (Å²) in [6.07, 6.45) is 3.28. The number of nitrogens with one attached hydrogen (secondary N) is 1. The van der Waals surface area contributed by atoms with E-state index in [1.54, 1.807) is 5.56 Å². The first kappa shape index (κ1) is 18.9. The molecule has 0 radical (unpaired) electrons. The molecule has 2 atom stereocenters. The van der Waals surface area contributed by atoms with Gasteiger partial charge < -0.3 is 15.0 Å². The molecule has 2 heterocycles. The normalized spacial score (nSPS) is 20.0. The minimum atomic E-state index is -0.345. The van der Waals surface area contributed by atoms with E-state index in [1.165, 1.54) is 47.0 Å². The fraction of sp³-hybridized carbons (Fsp3) is 0.440. The first-order valence-electron chi connectivity index (χ1n) is 11.0. The van der Waals surface area contributed by atoms with E-state index in [1.807, 2.05) is 6.07 Å². The number of β-amino-alcohol motifs (C(OH)–C–C–N with tert-alkyl or cyclic N) is 1. The molecular weight excluding hydrogens is 358 g/mol. The van der Waals surface area contributed by atoms with Crippen LogP contribution in [0.4, 0.5) is 0 Å². The van der Waals surface area contributed by atoms with Gasteiger partial charge in [-0.1, -0.05) is 42.0 Å². The lowest BCUT2D eigenvalue weighted by Gasteiger charge is -2.40. The number of aromatic nitrogens is 1. The maximum atomic E-state index is 10.7. The molecule has 1 aliphatic carbocycles. The monoisotopic (exact) mass is 389 g/mol. The Balaban J connectivity index is 1.29.